The van der Waals surface area contributed by atoms with Crippen LogP contribution in [0.5, 0.6) is 0 Å². The van der Waals surface area contributed by atoms with E-state index in [-0.39, 0.29) is 5.28 Å². The Morgan fingerprint density at radius 1 is 0.912 bits per heavy atom. The molecule has 170 valence electrons. The number of anilines is 1. The number of fused-ring (bicyclic) bond motifs is 1. The molecule has 0 radical (unpaired) electrons. The van der Waals surface area contributed by atoms with Crippen molar-refractivity contribution in [1.82, 2.24) is 15.0 Å². The lowest BCUT2D eigenvalue weighted by Gasteiger charge is -2.25. The van der Waals surface area contributed by atoms with E-state index in [9.17, 15) is 0 Å². The highest BCUT2D eigenvalue weighted by molar-refractivity contribution is 7.17. The summed E-state index contributed by atoms with van der Waals surface area (Å²) in [7, 11) is 0. The Bertz CT molecular complexity index is 1420. The van der Waals surface area contributed by atoms with E-state index in [0.29, 0.717) is 0 Å². The number of thiophene rings is 1. The lowest BCUT2D eigenvalue weighted by atomic mass is 9.99. The molecule has 0 aliphatic rings. The Balaban J connectivity index is 1.63. The predicted octanol–water partition coefficient (Wildman–Crippen LogP) is 7.27. The third-order valence-corrected chi connectivity index (χ3v) is 6.98. The average molecular weight is 485 g/mol. The number of aryl methyl sites for hydroxylation is 2. The number of halogens is 1. The molecule has 5 rings (SSSR count). The molecule has 0 aliphatic heterocycles. The molecule has 0 saturated heterocycles. The van der Waals surface area contributed by atoms with Crippen LogP contribution in [0.25, 0.3) is 21.3 Å². The molecule has 5 aromatic rings. The van der Waals surface area contributed by atoms with Crippen LogP contribution >= 0.6 is 22.9 Å². The van der Waals surface area contributed by atoms with Gasteiger partial charge in [0.25, 0.3) is 0 Å². The smallest absolute Gasteiger partial charge is 0.225 e. The third kappa shape index (κ3) is 4.81. The van der Waals surface area contributed by atoms with Crippen molar-refractivity contribution in [2.24, 2.45) is 0 Å². The molecule has 0 aliphatic carbocycles. The number of hydrogen-bond donors (Lipinski definition) is 0. The fourth-order valence-electron chi connectivity index (χ4n) is 4.30. The zero-order valence-corrected chi connectivity index (χ0v) is 20.8. The highest BCUT2D eigenvalue weighted by Crippen LogP contribution is 2.40. The number of rotatable bonds is 7. The van der Waals surface area contributed by atoms with Gasteiger partial charge in [-0.1, -0.05) is 60.2 Å². The van der Waals surface area contributed by atoms with Crippen molar-refractivity contribution in [3.8, 4) is 11.1 Å². The van der Waals surface area contributed by atoms with Crippen molar-refractivity contribution in [3.05, 3.63) is 106 Å². The van der Waals surface area contributed by atoms with Crippen molar-refractivity contribution in [3.63, 3.8) is 0 Å². The topological polar surface area (TPSA) is 41.9 Å². The van der Waals surface area contributed by atoms with E-state index >= 15 is 0 Å². The zero-order chi connectivity index (χ0) is 23.5. The van der Waals surface area contributed by atoms with Gasteiger partial charge in [-0.2, -0.15) is 4.98 Å². The van der Waals surface area contributed by atoms with Crippen LogP contribution in [-0.4, -0.2) is 21.5 Å². The molecule has 0 saturated carbocycles. The van der Waals surface area contributed by atoms with E-state index in [0.717, 1.165) is 46.8 Å². The van der Waals surface area contributed by atoms with Gasteiger partial charge < -0.3 is 4.90 Å². The molecular formula is C28H25ClN4S. The van der Waals surface area contributed by atoms with Gasteiger partial charge in [0.1, 0.15) is 10.6 Å². The molecule has 3 heterocycles. The van der Waals surface area contributed by atoms with Gasteiger partial charge in [-0.05, 0) is 54.3 Å². The number of benzene rings is 2. The van der Waals surface area contributed by atoms with Gasteiger partial charge in [0, 0.05) is 42.3 Å². The molecule has 4 nitrogen and oxygen atoms in total. The van der Waals surface area contributed by atoms with Crippen LogP contribution in [0.3, 0.4) is 0 Å². The van der Waals surface area contributed by atoms with Gasteiger partial charge in [0.05, 0.1) is 5.39 Å². The molecule has 0 bridgehead atoms. The second-order valence-electron chi connectivity index (χ2n) is 8.44. The van der Waals surface area contributed by atoms with Crippen LogP contribution in [0, 0.1) is 13.8 Å². The summed E-state index contributed by atoms with van der Waals surface area (Å²) in [5.74, 6) is 0.867. The summed E-state index contributed by atoms with van der Waals surface area (Å²) in [6, 6.07) is 23.1. The van der Waals surface area contributed by atoms with E-state index < -0.39 is 0 Å². The van der Waals surface area contributed by atoms with Crippen LogP contribution in [0.1, 0.15) is 22.4 Å². The summed E-state index contributed by atoms with van der Waals surface area (Å²) in [6.07, 6.45) is 2.65. The normalized spacial score (nSPS) is 11.1. The van der Waals surface area contributed by atoms with Crippen molar-refractivity contribution < 1.29 is 0 Å². The number of aromatic nitrogens is 3. The predicted molar refractivity (Wildman–Crippen MR) is 143 cm³/mol. The first-order valence-electron chi connectivity index (χ1n) is 11.3. The largest absolute Gasteiger partial charge is 0.351 e. The lowest BCUT2D eigenvalue weighted by Crippen LogP contribution is -2.27. The minimum absolute atomic E-state index is 0.271. The van der Waals surface area contributed by atoms with Crippen LogP contribution in [-0.2, 0) is 13.0 Å². The summed E-state index contributed by atoms with van der Waals surface area (Å²) >= 11 is 8.05. The Labute approximate surface area is 208 Å². The van der Waals surface area contributed by atoms with E-state index in [4.69, 9.17) is 16.6 Å². The molecule has 3 aromatic heterocycles. The van der Waals surface area contributed by atoms with Gasteiger partial charge in [-0.25, -0.2) is 4.98 Å². The second kappa shape index (κ2) is 9.92. The fourth-order valence-corrected chi connectivity index (χ4v) is 5.45. The zero-order valence-electron chi connectivity index (χ0n) is 19.2. The maximum atomic E-state index is 6.44. The standard InChI is InChI=1S/C28H25ClN4S/c1-19-11-12-23(20(2)16-19)24-18-34-27-25(24)26(31-28(29)32-27)33(17-21-8-4-3-5-9-21)15-13-22-10-6-7-14-30-22/h3-12,14,16,18H,13,15,17H2,1-2H3. The van der Waals surface area contributed by atoms with E-state index in [1.54, 1.807) is 11.3 Å². The molecule has 0 amide bonds. The van der Waals surface area contributed by atoms with Gasteiger partial charge in [-0.3, -0.25) is 4.98 Å². The van der Waals surface area contributed by atoms with Gasteiger partial charge >= 0.3 is 0 Å². The molecule has 0 fully saturated rings. The van der Waals surface area contributed by atoms with E-state index in [1.807, 2.05) is 24.4 Å². The Hall–Kier alpha value is -3.28. The lowest BCUT2D eigenvalue weighted by molar-refractivity contribution is 0.761. The summed E-state index contributed by atoms with van der Waals surface area (Å²) < 4.78 is 0. The minimum Gasteiger partial charge on any atom is -0.351 e. The first kappa shape index (κ1) is 22.5. The third-order valence-electron chi connectivity index (χ3n) is 5.94. The number of hydrogen-bond acceptors (Lipinski definition) is 5. The van der Waals surface area contributed by atoms with Gasteiger partial charge in [0.2, 0.25) is 5.28 Å². The second-order valence-corrected chi connectivity index (χ2v) is 9.64. The summed E-state index contributed by atoms with van der Waals surface area (Å²) in [5, 5.41) is 3.50. The maximum Gasteiger partial charge on any atom is 0.225 e. The number of nitrogens with zero attached hydrogens (tertiary/aromatic N) is 4. The highest BCUT2D eigenvalue weighted by Gasteiger charge is 2.21. The summed E-state index contributed by atoms with van der Waals surface area (Å²) in [4.78, 5) is 17.1. The van der Waals surface area contributed by atoms with Crippen molar-refractivity contribution in [1.29, 1.82) is 0 Å². The summed E-state index contributed by atoms with van der Waals surface area (Å²) in [6.45, 7) is 5.76. The van der Waals surface area contributed by atoms with Crippen LogP contribution < -0.4 is 4.90 Å². The fraction of sp³-hybridized carbons (Fsp3) is 0.179. The van der Waals surface area contributed by atoms with E-state index in [2.05, 4.69) is 82.6 Å². The number of pyridine rings is 1. The van der Waals surface area contributed by atoms with Crippen LogP contribution in [0.2, 0.25) is 5.28 Å². The molecule has 6 heteroatoms. The molecule has 0 spiro atoms. The Morgan fingerprint density at radius 3 is 2.50 bits per heavy atom. The molecular weight excluding hydrogens is 460 g/mol. The first-order chi connectivity index (χ1) is 16.6. The van der Waals surface area contributed by atoms with Crippen molar-refractivity contribution in [2.45, 2.75) is 26.8 Å². The molecule has 2 aromatic carbocycles. The molecule has 34 heavy (non-hydrogen) atoms. The first-order valence-corrected chi connectivity index (χ1v) is 12.6. The highest BCUT2D eigenvalue weighted by atomic mass is 35.5. The Morgan fingerprint density at radius 2 is 1.74 bits per heavy atom. The maximum absolute atomic E-state index is 6.44. The van der Waals surface area contributed by atoms with Gasteiger partial charge in [-0.15, -0.1) is 11.3 Å². The summed E-state index contributed by atoms with van der Waals surface area (Å²) in [5.41, 5.74) is 7.12. The average Bonchev–Trinajstić information content (AvgIpc) is 3.26. The quantitative estimate of drug-likeness (QED) is 0.228. The minimum atomic E-state index is 0.271. The van der Waals surface area contributed by atoms with E-state index in [1.165, 1.54) is 22.3 Å². The van der Waals surface area contributed by atoms with Gasteiger partial charge in [0.15, 0.2) is 0 Å². The molecule has 0 N–H and O–H groups in total. The monoisotopic (exact) mass is 484 g/mol. The SMILES string of the molecule is Cc1ccc(-c2csc3nc(Cl)nc(N(CCc4ccccn4)Cc4ccccc4)c23)c(C)c1. The van der Waals surface area contributed by atoms with Crippen molar-refractivity contribution >= 4 is 39.0 Å². The van der Waals surface area contributed by atoms with Crippen LogP contribution in [0.4, 0.5) is 5.82 Å². The molecule has 0 unspecified atom stereocenters. The van der Waals surface area contributed by atoms with Crippen LogP contribution in [0.15, 0.2) is 78.3 Å². The van der Waals surface area contributed by atoms with Crippen molar-refractivity contribution in [2.75, 3.05) is 11.4 Å². The molecule has 0 atom stereocenters. The Kier molecular flexibility index (Phi) is 6.57.